The number of anilines is 1. The molecule has 1 fully saturated rings. The molecule has 3 aromatic carbocycles. The smallest absolute Gasteiger partial charge is 0.416 e. The summed E-state index contributed by atoms with van der Waals surface area (Å²) in [5, 5.41) is 0. The minimum atomic E-state index is -4.55. The number of rotatable bonds is 5. The van der Waals surface area contributed by atoms with Gasteiger partial charge in [0.05, 0.1) is 26.1 Å². The number of fused-ring (bicyclic) bond motifs is 1. The number of hydrogen-bond donors (Lipinski definition) is 0. The highest BCUT2D eigenvalue weighted by molar-refractivity contribution is 5.83. The molecule has 0 spiro atoms. The van der Waals surface area contributed by atoms with Gasteiger partial charge in [0.2, 0.25) is 0 Å². The van der Waals surface area contributed by atoms with Crippen LogP contribution in [0.4, 0.5) is 18.9 Å². The van der Waals surface area contributed by atoms with Crippen LogP contribution in [0.25, 0.3) is 11.0 Å². The first-order chi connectivity index (χ1) is 18.1. The first kappa shape index (κ1) is 23.7. The molecule has 5 nitrogen and oxygen atoms in total. The van der Waals surface area contributed by atoms with E-state index in [1.54, 1.807) is 16.7 Å². The van der Waals surface area contributed by atoms with Gasteiger partial charge in [-0.1, -0.05) is 42.5 Å². The predicted molar refractivity (Wildman–Crippen MR) is 140 cm³/mol. The number of alkyl halides is 3. The van der Waals surface area contributed by atoms with Crippen LogP contribution in [0, 0.1) is 13.8 Å². The summed E-state index contributed by atoms with van der Waals surface area (Å²) in [5.74, 6) is 0.351. The second kappa shape index (κ2) is 9.65. The van der Waals surface area contributed by atoms with E-state index >= 15 is 0 Å². The van der Waals surface area contributed by atoms with Crippen molar-refractivity contribution in [3.8, 4) is 5.75 Å². The zero-order chi connectivity index (χ0) is 27.2. The van der Waals surface area contributed by atoms with E-state index in [-0.39, 0.29) is 24.2 Å². The van der Waals surface area contributed by atoms with E-state index < -0.39 is 17.4 Å². The summed E-state index contributed by atoms with van der Waals surface area (Å²) in [4.78, 5) is 16.3. The second-order valence-electron chi connectivity index (χ2n) is 9.60. The lowest BCUT2D eigenvalue weighted by Gasteiger charge is -2.35. The van der Waals surface area contributed by atoms with E-state index in [1.807, 2.05) is 6.07 Å². The zero-order valence-electron chi connectivity index (χ0n) is 22.1. The molecule has 0 atom stereocenters. The van der Waals surface area contributed by atoms with E-state index in [2.05, 4.69) is 30.9 Å². The van der Waals surface area contributed by atoms with Gasteiger partial charge in [0.15, 0.2) is 0 Å². The largest absolute Gasteiger partial charge is 0.494 e. The van der Waals surface area contributed by atoms with E-state index in [4.69, 9.17) is 6.11 Å². The molecule has 0 amide bonds. The maximum absolute atomic E-state index is 13.9. The molecule has 2 heterocycles. The van der Waals surface area contributed by atoms with Crippen LogP contribution in [0.1, 0.15) is 42.5 Å². The van der Waals surface area contributed by atoms with Crippen molar-refractivity contribution in [3.63, 3.8) is 0 Å². The second-order valence-corrected chi connectivity index (χ2v) is 9.60. The van der Waals surface area contributed by atoms with Crippen molar-refractivity contribution in [2.24, 2.45) is 0 Å². The number of benzene rings is 3. The van der Waals surface area contributed by atoms with Crippen LogP contribution in [0.15, 0.2) is 65.4 Å². The molecule has 1 aliphatic heterocycles. The molecular formula is C29H30F3N3O2. The average Bonchev–Trinajstić information content (AvgIpc) is 3.17. The minimum absolute atomic E-state index is 0.0107. The third kappa shape index (κ3) is 4.49. The van der Waals surface area contributed by atoms with Crippen molar-refractivity contribution >= 4 is 16.7 Å². The Morgan fingerprint density at radius 2 is 1.68 bits per heavy atom. The molecule has 0 bridgehead atoms. The highest BCUT2D eigenvalue weighted by Gasteiger charge is 2.34. The van der Waals surface area contributed by atoms with Gasteiger partial charge < -0.3 is 9.64 Å². The first-order valence-electron chi connectivity index (χ1n) is 12.9. The number of para-hydroxylation sites is 2. The molecule has 0 N–H and O–H groups in total. The SMILES string of the molecule is [2H]c1ccc(OC)c2c1n(C1CCN(c3c(C)cccc3C)CC1)c(=O)n2Cc1ccccc1C(F)(F)F. The van der Waals surface area contributed by atoms with Crippen molar-refractivity contribution in [2.45, 2.75) is 45.5 Å². The van der Waals surface area contributed by atoms with Crippen LogP contribution >= 0.6 is 0 Å². The number of ether oxygens (including phenoxy) is 1. The Balaban J connectivity index is 1.58. The summed E-state index contributed by atoms with van der Waals surface area (Å²) in [7, 11) is 1.46. The maximum Gasteiger partial charge on any atom is 0.416 e. The van der Waals surface area contributed by atoms with Crippen LogP contribution in [0.2, 0.25) is 0 Å². The first-order valence-corrected chi connectivity index (χ1v) is 12.4. The van der Waals surface area contributed by atoms with Gasteiger partial charge in [-0.2, -0.15) is 13.2 Å². The highest BCUT2D eigenvalue weighted by atomic mass is 19.4. The Kier molecular flexibility index (Phi) is 6.18. The van der Waals surface area contributed by atoms with Gasteiger partial charge in [0.25, 0.3) is 0 Å². The minimum Gasteiger partial charge on any atom is -0.494 e. The fourth-order valence-corrected chi connectivity index (χ4v) is 5.63. The summed E-state index contributed by atoms with van der Waals surface area (Å²) < 4.78 is 58.4. The summed E-state index contributed by atoms with van der Waals surface area (Å²) in [6, 6.07) is 14.6. The molecule has 1 aromatic heterocycles. The lowest BCUT2D eigenvalue weighted by Crippen LogP contribution is -2.38. The molecule has 8 heteroatoms. The zero-order valence-corrected chi connectivity index (χ0v) is 21.1. The van der Waals surface area contributed by atoms with Gasteiger partial charge in [0, 0.05) is 24.8 Å². The fraction of sp³-hybridized carbons (Fsp3) is 0.345. The number of halogens is 3. The molecule has 0 saturated carbocycles. The van der Waals surface area contributed by atoms with Crippen molar-refractivity contribution in [3.05, 3.63) is 93.4 Å². The topological polar surface area (TPSA) is 39.4 Å². The lowest BCUT2D eigenvalue weighted by atomic mass is 10.0. The Bertz CT molecular complexity index is 1530. The monoisotopic (exact) mass is 510 g/mol. The quantitative estimate of drug-likeness (QED) is 0.315. The van der Waals surface area contributed by atoms with Gasteiger partial charge in [-0.05, 0) is 61.6 Å². The number of nitrogens with zero attached hydrogens (tertiary/aromatic N) is 3. The third-order valence-electron chi connectivity index (χ3n) is 7.32. The normalized spacial score (nSPS) is 15.3. The molecule has 0 radical (unpaired) electrons. The molecular weight excluding hydrogens is 479 g/mol. The van der Waals surface area contributed by atoms with E-state index in [9.17, 15) is 18.0 Å². The average molecular weight is 511 g/mol. The number of aromatic nitrogens is 2. The van der Waals surface area contributed by atoms with Gasteiger partial charge >= 0.3 is 11.9 Å². The molecule has 37 heavy (non-hydrogen) atoms. The summed E-state index contributed by atoms with van der Waals surface area (Å²) in [6.45, 7) is 5.35. The highest BCUT2D eigenvalue weighted by Crippen LogP contribution is 2.35. The third-order valence-corrected chi connectivity index (χ3v) is 7.32. The molecule has 1 aliphatic rings. The number of hydrogen-bond acceptors (Lipinski definition) is 3. The molecule has 0 unspecified atom stereocenters. The lowest BCUT2D eigenvalue weighted by molar-refractivity contribution is -0.138. The Labute approximate surface area is 215 Å². The van der Waals surface area contributed by atoms with Crippen molar-refractivity contribution in [1.29, 1.82) is 0 Å². The van der Waals surface area contributed by atoms with Crippen molar-refractivity contribution in [2.75, 3.05) is 25.1 Å². The summed E-state index contributed by atoms with van der Waals surface area (Å²) in [5.41, 5.74) is 3.10. The molecule has 5 rings (SSSR count). The van der Waals surface area contributed by atoms with E-state index in [1.165, 1.54) is 46.7 Å². The fourth-order valence-electron chi connectivity index (χ4n) is 5.63. The number of imidazole rings is 1. The Morgan fingerprint density at radius 1 is 1.00 bits per heavy atom. The number of methoxy groups -OCH3 is 1. The number of aryl methyl sites for hydroxylation is 2. The van der Waals surface area contributed by atoms with Crippen LogP contribution in [-0.2, 0) is 12.7 Å². The molecule has 194 valence electrons. The Hall–Kier alpha value is -3.68. The van der Waals surface area contributed by atoms with E-state index in [0.29, 0.717) is 29.6 Å². The van der Waals surface area contributed by atoms with Crippen LogP contribution in [0.3, 0.4) is 0 Å². The standard InChI is InChI=1S/C29H30F3N3O2/c1-19-8-6-9-20(2)26(19)33-16-14-22(15-17-33)35-24-12-7-13-25(37-3)27(24)34(28(35)36)18-21-10-4-5-11-23(21)29(30,31)32/h4-13,22H,14-18H2,1-3H3/i12D. The van der Waals surface area contributed by atoms with E-state index in [0.717, 1.165) is 19.2 Å². The van der Waals surface area contributed by atoms with Gasteiger partial charge in [-0.25, -0.2) is 4.79 Å². The summed E-state index contributed by atoms with van der Waals surface area (Å²) >= 11 is 0. The van der Waals surface area contributed by atoms with Crippen LogP contribution in [0.5, 0.6) is 5.75 Å². The van der Waals surface area contributed by atoms with Gasteiger partial charge in [-0.3, -0.25) is 9.13 Å². The van der Waals surface area contributed by atoms with Crippen LogP contribution < -0.4 is 15.3 Å². The van der Waals surface area contributed by atoms with Crippen LogP contribution in [-0.4, -0.2) is 29.3 Å². The van der Waals surface area contributed by atoms with Gasteiger partial charge in [-0.15, -0.1) is 0 Å². The maximum atomic E-state index is 13.9. The van der Waals surface area contributed by atoms with Crippen molar-refractivity contribution in [1.82, 2.24) is 9.13 Å². The van der Waals surface area contributed by atoms with Crippen molar-refractivity contribution < 1.29 is 19.3 Å². The molecule has 1 saturated heterocycles. The Morgan fingerprint density at radius 3 is 2.32 bits per heavy atom. The van der Waals surface area contributed by atoms with Gasteiger partial charge in [0.1, 0.15) is 11.3 Å². The summed E-state index contributed by atoms with van der Waals surface area (Å²) in [6.07, 6.45) is -3.21. The molecule has 4 aromatic rings. The molecule has 0 aliphatic carbocycles. The number of piperidine rings is 1. The predicted octanol–water partition coefficient (Wildman–Crippen LogP) is 6.34.